The highest BCUT2D eigenvalue weighted by Gasteiger charge is 2.03. The molecule has 0 aliphatic heterocycles. The Morgan fingerprint density at radius 1 is 1.00 bits per heavy atom. The molecule has 0 nitrogen and oxygen atoms in total. The summed E-state index contributed by atoms with van der Waals surface area (Å²) in [5.74, 6) is 0. The molecule has 0 saturated carbocycles. The molecule has 0 amide bonds. The van der Waals surface area contributed by atoms with Gasteiger partial charge in [0.15, 0.2) is 0 Å². The monoisotopic (exact) mass is 170 g/mol. The van der Waals surface area contributed by atoms with Crippen LogP contribution < -0.4 is 0 Å². The summed E-state index contributed by atoms with van der Waals surface area (Å²) in [6, 6.07) is 0. The van der Waals surface area contributed by atoms with Gasteiger partial charge in [0.05, 0.1) is 0 Å². The standard InChI is InChI=1S/C13H14/c1-2-5-9-12(8-4-1)13-10-6-3-7-11-13/h1-4,6,8-10H,5,7,11H2. The van der Waals surface area contributed by atoms with Gasteiger partial charge in [0.1, 0.15) is 0 Å². The second-order valence-corrected chi connectivity index (χ2v) is 3.34. The zero-order chi connectivity index (χ0) is 8.93. The van der Waals surface area contributed by atoms with E-state index in [1.807, 2.05) is 0 Å². The fourth-order valence-corrected chi connectivity index (χ4v) is 1.66. The molecule has 0 atom stereocenters. The summed E-state index contributed by atoms with van der Waals surface area (Å²) in [5.41, 5.74) is 2.87. The van der Waals surface area contributed by atoms with E-state index in [0.717, 1.165) is 6.42 Å². The molecule has 66 valence electrons. The van der Waals surface area contributed by atoms with Crippen molar-refractivity contribution in [3.8, 4) is 0 Å². The summed E-state index contributed by atoms with van der Waals surface area (Å²) >= 11 is 0. The molecule has 0 unspecified atom stereocenters. The van der Waals surface area contributed by atoms with E-state index >= 15 is 0 Å². The molecule has 0 bridgehead atoms. The molecular weight excluding hydrogens is 156 g/mol. The molecule has 0 N–H and O–H groups in total. The van der Waals surface area contributed by atoms with Crippen molar-refractivity contribution in [1.29, 1.82) is 0 Å². The second kappa shape index (κ2) is 4.08. The lowest BCUT2D eigenvalue weighted by Crippen LogP contribution is -1.89. The Kier molecular flexibility index (Phi) is 2.61. The van der Waals surface area contributed by atoms with Crippen LogP contribution in [0, 0.1) is 0 Å². The van der Waals surface area contributed by atoms with E-state index in [4.69, 9.17) is 0 Å². The molecule has 0 aromatic rings. The van der Waals surface area contributed by atoms with Gasteiger partial charge >= 0.3 is 0 Å². The lowest BCUT2D eigenvalue weighted by molar-refractivity contribution is 0.976. The average molecular weight is 170 g/mol. The summed E-state index contributed by atoms with van der Waals surface area (Å²) in [6.45, 7) is 0. The third-order valence-corrected chi connectivity index (χ3v) is 2.38. The molecule has 0 heterocycles. The Morgan fingerprint density at radius 3 is 2.85 bits per heavy atom. The Hall–Kier alpha value is -1.30. The highest BCUT2D eigenvalue weighted by Crippen LogP contribution is 2.22. The minimum absolute atomic E-state index is 1.06. The second-order valence-electron chi connectivity index (χ2n) is 3.34. The Bertz CT molecular complexity index is 322. The summed E-state index contributed by atoms with van der Waals surface area (Å²) < 4.78 is 0. The van der Waals surface area contributed by atoms with Crippen LogP contribution >= 0.6 is 0 Å². The van der Waals surface area contributed by atoms with Crippen LogP contribution in [0.3, 0.4) is 0 Å². The first-order valence-corrected chi connectivity index (χ1v) is 4.86. The molecule has 0 heteroatoms. The number of hydrogen-bond donors (Lipinski definition) is 0. The van der Waals surface area contributed by atoms with Crippen molar-refractivity contribution >= 4 is 0 Å². The smallest absolute Gasteiger partial charge is 0.0157 e. The zero-order valence-corrected chi connectivity index (χ0v) is 7.74. The molecule has 0 fully saturated rings. The normalized spacial score (nSPS) is 20.9. The number of rotatable bonds is 1. The van der Waals surface area contributed by atoms with Gasteiger partial charge in [0, 0.05) is 0 Å². The molecule has 0 spiro atoms. The molecule has 2 aliphatic rings. The highest BCUT2D eigenvalue weighted by molar-refractivity contribution is 5.45. The van der Waals surface area contributed by atoms with Crippen LogP contribution in [-0.2, 0) is 0 Å². The van der Waals surface area contributed by atoms with Crippen molar-refractivity contribution in [2.75, 3.05) is 0 Å². The lowest BCUT2D eigenvalue weighted by atomic mass is 9.96. The van der Waals surface area contributed by atoms with Crippen molar-refractivity contribution < 1.29 is 0 Å². The zero-order valence-electron chi connectivity index (χ0n) is 7.74. The van der Waals surface area contributed by atoms with E-state index in [-0.39, 0.29) is 0 Å². The van der Waals surface area contributed by atoms with E-state index < -0.39 is 0 Å². The van der Waals surface area contributed by atoms with Gasteiger partial charge in [0.2, 0.25) is 0 Å². The fourth-order valence-electron chi connectivity index (χ4n) is 1.66. The van der Waals surface area contributed by atoms with Gasteiger partial charge in [0.25, 0.3) is 0 Å². The number of allylic oxidation sites excluding steroid dienone is 10. The molecule has 0 aromatic heterocycles. The summed E-state index contributed by atoms with van der Waals surface area (Å²) in [4.78, 5) is 0. The summed E-state index contributed by atoms with van der Waals surface area (Å²) in [7, 11) is 0. The Morgan fingerprint density at radius 2 is 2.00 bits per heavy atom. The molecule has 2 aliphatic carbocycles. The summed E-state index contributed by atoms with van der Waals surface area (Å²) in [6.07, 6.45) is 21.0. The van der Waals surface area contributed by atoms with Crippen molar-refractivity contribution in [3.05, 3.63) is 59.8 Å². The third-order valence-electron chi connectivity index (χ3n) is 2.38. The van der Waals surface area contributed by atoms with Crippen LogP contribution in [0.1, 0.15) is 19.3 Å². The summed E-state index contributed by atoms with van der Waals surface area (Å²) in [5, 5.41) is 0. The van der Waals surface area contributed by atoms with Crippen LogP contribution in [0.25, 0.3) is 0 Å². The molecule has 0 aromatic carbocycles. The Balaban J connectivity index is 2.20. The van der Waals surface area contributed by atoms with E-state index in [9.17, 15) is 0 Å². The van der Waals surface area contributed by atoms with Crippen LogP contribution in [0.15, 0.2) is 59.8 Å². The average Bonchev–Trinajstić information content (AvgIpc) is 2.47. The van der Waals surface area contributed by atoms with E-state index in [2.05, 4.69) is 48.6 Å². The van der Waals surface area contributed by atoms with Crippen LogP contribution in [0.5, 0.6) is 0 Å². The van der Waals surface area contributed by atoms with Gasteiger partial charge in [-0.25, -0.2) is 0 Å². The quantitative estimate of drug-likeness (QED) is 0.562. The van der Waals surface area contributed by atoms with Gasteiger partial charge in [-0.1, -0.05) is 48.6 Å². The first-order valence-electron chi connectivity index (χ1n) is 4.86. The number of hydrogen-bond acceptors (Lipinski definition) is 0. The van der Waals surface area contributed by atoms with E-state index in [1.165, 1.54) is 24.0 Å². The predicted octanol–water partition coefficient (Wildman–Crippen LogP) is 3.71. The first-order chi connectivity index (χ1) is 6.47. The predicted molar refractivity (Wildman–Crippen MR) is 57.4 cm³/mol. The van der Waals surface area contributed by atoms with Crippen molar-refractivity contribution in [3.63, 3.8) is 0 Å². The SMILES string of the molecule is C1=CCC=C(C2=CC=CCC2)C=C1. The maximum atomic E-state index is 2.30. The van der Waals surface area contributed by atoms with Crippen LogP contribution in [-0.4, -0.2) is 0 Å². The van der Waals surface area contributed by atoms with Crippen LogP contribution in [0.4, 0.5) is 0 Å². The third kappa shape index (κ3) is 2.09. The molecule has 0 radical (unpaired) electrons. The fraction of sp³-hybridized carbons (Fsp3) is 0.231. The van der Waals surface area contributed by atoms with Crippen molar-refractivity contribution in [1.82, 2.24) is 0 Å². The van der Waals surface area contributed by atoms with E-state index in [1.54, 1.807) is 0 Å². The maximum Gasteiger partial charge on any atom is -0.0157 e. The van der Waals surface area contributed by atoms with Gasteiger partial charge in [-0.15, -0.1) is 0 Å². The first kappa shape index (κ1) is 8.31. The lowest BCUT2D eigenvalue weighted by Gasteiger charge is -2.09. The van der Waals surface area contributed by atoms with Gasteiger partial charge in [-0.05, 0) is 30.4 Å². The highest BCUT2D eigenvalue weighted by atomic mass is 14.1. The Labute approximate surface area is 79.7 Å². The minimum atomic E-state index is 1.06. The molecule has 2 rings (SSSR count). The topological polar surface area (TPSA) is 0 Å². The largest absolute Gasteiger partial charge is 0.0842 e. The molecule has 0 saturated heterocycles. The molecular formula is C13H14. The van der Waals surface area contributed by atoms with E-state index in [0.29, 0.717) is 0 Å². The van der Waals surface area contributed by atoms with Gasteiger partial charge in [-0.3, -0.25) is 0 Å². The molecule has 13 heavy (non-hydrogen) atoms. The van der Waals surface area contributed by atoms with Crippen LogP contribution in [0.2, 0.25) is 0 Å². The van der Waals surface area contributed by atoms with Gasteiger partial charge < -0.3 is 0 Å². The maximum absolute atomic E-state index is 2.30. The van der Waals surface area contributed by atoms with Gasteiger partial charge in [-0.2, -0.15) is 0 Å². The van der Waals surface area contributed by atoms with Crippen molar-refractivity contribution in [2.24, 2.45) is 0 Å². The van der Waals surface area contributed by atoms with Crippen molar-refractivity contribution in [2.45, 2.75) is 19.3 Å². The minimum Gasteiger partial charge on any atom is -0.0842 e.